The highest BCUT2D eigenvalue weighted by Crippen LogP contribution is 2.19. The minimum Gasteiger partial charge on any atom is -0.378 e. The molecule has 0 amide bonds. The zero-order valence-electron chi connectivity index (χ0n) is 11.3. The van der Waals surface area contributed by atoms with Crippen molar-refractivity contribution < 1.29 is 0 Å². The van der Waals surface area contributed by atoms with E-state index < -0.39 is 0 Å². The summed E-state index contributed by atoms with van der Waals surface area (Å²) in [6.07, 6.45) is 3.62. The highest BCUT2D eigenvalue weighted by atomic mass is 79.9. The number of halogens is 1. The van der Waals surface area contributed by atoms with Gasteiger partial charge in [-0.05, 0) is 41.1 Å². The molecule has 3 heterocycles. The molecule has 5 nitrogen and oxygen atoms in total. The Morgan fingerprint density at radius 1 is 1.25 bits per heavy atom. The Kier molecular flexibility index (Phi) is 3.40. The lowest BCUT2D eigenvalue weighted by molar-refractivity contribution is 0.774. The van der Waals surface area contributed by atoms with Crippen molar-refractivity contribution in [1.82, 2.24) is 19.7 Å². The molecule has 0 bridgehead atoms. The first-order valence-corrected chi connectivity index (χ1v) is 7.06. The summed E-state index contributed by atoms with van der Waals surface area (Å²) < 4.78 is 2.78. The second kappa shape index (κ2) is 5.20. The maximum Gasteiger partial charge on any atom is 0.157 e. The van der Waals surface area contributed by atoms with Crippen LogP contribution >= 0.6 is 15.9 Å². The molecule has 0 aliphatic carbocycles. The van der Waals surface area contributed by atoms with Gasteiger partial charge >= 0.3 is 0 Å². The summed E-state index contributed by atoms with van der Waals surface area (Å²) in [5, 5.41) is 8.77. The highest BCUT2D eigenvalue weighted by molar-refractivity contribution is 9.10. The molecule has 20 heavy (non-hydrogen) atoms. The lowest BCUT2D eigenvalue weighted by atomic mass is 10.2. The Bertz CT molecular complexity index is 748. The van der Waals surface area contributed by atoms with E-state index in [-0.39, 0.29) is 0 Å². The van der Waals surface area contributed by atoms with E-state index in [9.17, 15) is 0 Å². The molecule has 1 N–H and O–H groups in total. The third-order valence-corrected chi connectivity index (χ3v) is 3.59. The average Bonchev–Trinajstić information content (AvgIpc) is 2.73. The van der Waals surface area contributed by atoms with Gasteiger partial charge in [0.15, 0.2) is 5.65 Å². The van der Waals surface area contributed by atoms with E-state index in [1.165, 1.54) is 0 Å². The quantitative estimate of drug-likeness (QED) is 0.801. The summed E-state index contributed by atoms with van der Waals surface area (Å²) >= 11 is 3.38. The average molecular weight is 332 g/mol. The number of hydrogen-bond donors (Lipinski definition) is 1. The van der Waals surface area contributed by atoms with Gasteiger partial charge in [0.05, 0.1) is 29.8 Å². The van der Waals surface area contributed by atoms with Crippen LogP contribution in [0.4, 0.5) is 5.69 Å². The molecule has 0 aliphatic rings. The fourth-order valence-corrected chi connectivity index (χ4v) is 2.34. The van der Waals surface area contributed by atoms with Crippen LogP contribution in [-0.4, -0.2) is 19.7 Å². The molecule has 3 rings (SSSR count). The van der Waals surface area contributed by atoms with Crippen LogP contribution in [0.5, 0.6) is 0 Å². The lowest BCUT2D eigenvalue weighted by Crippen LogP contribution is -2.02. The van der Waals surface area contributed by atoms with Crippen molar-refractivity contribution in [2.24, 2.45) is 7.05 Å². The molecule has 0 spiro atoms. The van der Waals surface area contributed by atoms with Gasteiger partial charge in [-0.1, -0.05) is 0 Å². The first-order chi connectivity index (χ1) is 9.63. The SMILES string of the molecule is Cc1nn(C)c2ncc(NCc3ccc(Br)cn3)cc12. The summed E-state index contributed by atoms with van der Waals surface area (Å²) in [5.74, 6) is 0. The van der Waals surface area contributed by atoms with E-state index in [2.05, 4.69) is 42.4 Å². The van der Waals surface area contributed by atoms with E-state index in [1.54, 1.807) is 10.9 Å². The van der Waals surface area contributed by atoms with Crippen LogP contribution in [0.1, 0.15) is 11.4 Å². The van der Waals surface area contributed by atoms with Crippen molar-refractivity contribution in [3.63, 3.8) is 0 Å². The van der Waals surface area contributed by atoms with E-state index in [4.69, 9.17) is 0 Å². The number of aryl methyl sites for hydroxylation is 2. The number of aromatic nitrogens is 4. The molecular formula is C14H14BrN5. The number of nitrogens with one attached hydrogen (secondary N) is 1. The monoisotopic (exact) mass is 331 g/mol. The fraction of sp³-hybridized carbons (Fsp3) is 0.214. The first-order valence-electron chi connectivity index (χ1n) is 6.27. The molecule has 3 aromatic heterocycles. The van der Waals surface area contributed by atoms with Crippen LogP contribution < -0.4 is 5.32 Å². The van der Waals surface area contributed by atoms with E-state index in [1.807, 2.05) is 32.3 Å². The van der Waals surface area contributed by atoms with Gasteiger partial charge in [0.2, 0.25) is 0 Å². The van der Waals surface area contributed by atoms with E-state index in [0.717, 1.165) is 32.6 Å². The number of anilines is 1. The normalized spacial score (nSPS) is 10.9. The number of rotatable bonds is 3. The predicted octanol–water partition coefficient (Wildman–Crippen LogP) is 3.05. The smallest absolute Gasteiger partial charge is 0.157 e. The summed E-state index contributed by atoms with van der Waals surface area (Å²) in [6.45, 7) is 2.66. The molecule has 0 radical (unpaired) electrons. The van der Waals surface area contributed by atoms with Gasteiger partial charge in [-0.25, -0.2) is 4.98 Å². The second-order valence-corrected chi connectivity index (χ2v) is 5.54. The molecule has 3 aromatic rings. The van der Waals surface area contributed by atoms with Crippen molar-refractivity contribution in [2.75, 3.05) is 5.32 Å². The molecule has 0 fully saturated rings. The molecular weight excluding hydrogens is 318 g/mol. The van der Waals surface area contributed by atoms with Crippen LogP contribution in [0.3, 0.4) is 0 Å². The standard InChI is InChI=1S/C14H14BrN5/c1-9-13-5-12(8-18-14(13)20(2)19-9)17-7-11-4-3-10(15)6-16-11/h3-6,8,17H,7H2,1-2H3. The maximum atomic E-state index is 4.44. The van der Waals surface area contributed by atoms with Gasteiger partial charge in [0, 0.05) is 23.1 Å². The number of fused-ring (bicyclic) bond motifs is 1. The third kappa shape index (κ3) is 2.51. The Hall–Kier alpha value is -1.95. The molecule has 102 valence electrons. The molecule has 0 saturated heterocycles. The zero-order chi connectivity index (χ0) is 14.1. The van der Waals surface area contributed by atoms with Gasteiger partial charge in [0.1, 0.15) is 0 Å². The number of pyridine rings is 2. The largest absolute Gasteiger partial charge is 0.378 e. The van der Waals surface area contributed by atoms with Crippen LogP contribution in [0.15, 0.2) is 35.1 Å². The Labute approximate surface area is 125 Å². The summed E-state index contributed by atoms with van der Waals surface area (Å²) in [7, 11) is 1.90. The van der Waals surface area contributed by atoms with Gasteiger partial charge in [-0.15, -0.1) is 0 Å². The molecule has 6 heteroatoms. The highest BCUT2D eigenvalue weighted by Gasteiger charge is 2.06. The molecule has 0 atom stereocenters. The number of nitrogens with zero attached hydrogens (tertiary/aromatic N) is 4. The first kappa shape index (κ1) is 13.1. The van der Waals surface area contributed by atoms with Crippen molar-refractivity contribution >= 4 is 32.7 Å². The zero-order valence-corrected chi connectivity index (χ0v) is 12.8. The van der Waals surface area contributed by atoms with Crippen LogP contribution in [0.2, 0.25) is 0 Å². The maximum absolute atomic E-state index is 4.44. The second-order valence-electron chi connectivity index (χ2n) is 4.63. The lowest BCUT2D eigenvalue weighted by Gasteiger charge is -2.06. The minimum absolute atomic E-state index is 0.666. The summed E-state index contributed by atoms with van der Waals surface area (Å²) in [6, 6.07) is 6.04. The molecule has 0 aromatic carbocycles. The fourth-order valence-electron chi connectivity index (χ4n) is 2.11. The summed E-state index contributed by atoms with van der Waals surface area (Å²) in [5.41, 5.74) is 3.84. The molecule has 0 aliphatic heterocycles. The van der Waals surface area contributed by atoms with Crippen LogP contribution in [-0.2, 0) is 13.6 Å². The van der Waals surface area contributed by atoms with Crippen molar-refractivity contribution in [1.29, 1.82) is 0 Å². The van der Waals surface area contributed by atoms with Gasteiger partial charge in [-0.2, -0.15) is 5.10 Å². The van der Waals surface area contributed by atoms with Gasteiger partial charge < -0.3 is 5.32 Å². The Balaban J connectivity index is 1.80. The van der Waals surface area contributed by atoms with Crippen LogP contribution in [0.25, 0.3) is 11.0 Å². The third-order valence-electron chi connectivity index (χ3n) is 3.13. The Morgan fingerprint density at radius 2 is 2.10 bits per heavy atom. The predicted molar refractivity (Wildman–Crippen MR) is 82.5 cm³/mol. The molecule has 0 saturated carbocycles. The van der Waals surface area contributed by atoms with Crippen molar-refractivity contribution in [3.8, 4) is 0 Å². The van der Waals surface area contributed by atoms with Crippen LogP contribution in [0, 0.1) is 6.92 Å². The topological polar surface area (TPSA) is 55.6 Å². The van der Waals surface area contributed by atoms with Gasteiger partial charge in [-0.3, -0.25) is 9.67 Å². The summed E-state index contributed by atoms with van der Waals surface area (Å²) in [4.78, 5) is 8.77. The minimum atomic E-state index is 0.666. The van der Waals surface area contributed by atoms with Gasteiger partial charge in [0.25, 0.3) is 0 Å². The van der Waals surface area contributed by atoms with E-state index in [0.29, 0.717) is 6.54 Å². The number of hydrogen-bond acceptors (Lipinski definition) is 4. The Morgan fingerprint density at radius 3 is 2.85 bits per heavy atom. The van der Waals surface area contributed by atoms with E-state index >= 15 is 0 Å². The van der Waals surface area contributed by atoms with Crippen molar-refractivity contribution in [3.05, 3.63) is 46.5 Å². The van der Waals surface area contributed by atoms with Crippen molar-refractivity contribution in [2.45, 2.75) is 13.5 Å². The molecule has 0 unspecified atom stereocenters.